The Hall–Kier alpha value is -1.53. The summed E-state index contributed by atoms with van der Waals surface area (Å²) in [7, 11) is 0. The molecule has 0 aromatic carbocycles. The van der Waals surface area contributed by atoms with Crippen molar-refractivity contribution in [1.82, 2.24) is 19.9 Å². The number of aromatic nitrogens is 3. The molecule has 2 aromatic rings. The zero-order chi connectivity index (χ0) is 16.5. The van der Waals surface area contributed by atoms with Gasteiger partial charge in [-0.3, -0.25) is 4.90 Å². The Morgan fingerprint density at radius 2 is 1.79 bits per heavy atom. The minimum atomic E-state index is 0.948. The van der Waals surface area contributed by atoms with Crippen molar-refractivity contribution in [2.45, 2.75) is 46.1 Å². The molecule has 0 aliphatic carbocycles. The van der Waals surface area contributed by atoms with Gasteiger partial charge in [0, 0.05) is 50.2 Å². The van der Waals surface area contributed by atoms with Crippen LogP contribution in [0, 0.1) is 13.8 Å². The van der Waals surface area contributed by atoms with Crippen LogP contribution in [0.3, 0.4) is 0 Å². The third kappa shape index (κ3) is 3.30. The second kappa shape index (κ2) is 6.76. The van der Waals surface area contributed by atoms with Crippen molar-refractivity contribution in [3.05, 3.63) is 33.0 Å². The van der Waals surface area contributed by atoms with Gasteiger partial charge in [-0.15, -0.1) is 11.3 Å². The lowest BCUT2D eigenvalue weighted by molar-refractivity contribution is 0.276. The van der Waals surface area contributed by atoms with Gasteiger partial charge in [-0.2, -0.15) is 0 Å². The molecule has 24 heavy (non-hydrogen) atoms. The molecule has 0 bridgehead atoms. The molecule has 2 aliphatic heterocycles. The first kappa shape index (κ1) is 16.0. The number of hydrogen-bond donors (Lipinski definition) is 0. The van der Waals surface area contributed by atoms with Crippen LogP contribution in [0.5, 0.6) is 0 Å². The summed E-state index contributed by atoms with van der Waals surface area (Å²) < 4.78 is 0. The second-order valence-corrected chi connectivity index (χ2v) is 7.92. The van der Waals surface area contributed by atoms with Gasteiger partial charge in [0.1, 0.15) is 0 Å². The van der Waals surface area contributed by atoms with E-state index >= 15 is 0 Å². The van der Waals surface area contributed by atoms with Crippen LogP contribution in [0.25, 0.3) is 0 Å². The molecular formula is C18H25N5S. The summed E-state index contributed by atoms with van der Waals surface area (Å²) >= 11 is 1.74. The Labute approximate surface area is 147 Å². The fraction of sp³-hybridized carbons (Fsp3) is 0.611. The Balaban J connectivity index is 1.50. The molecule has 0 amide bonds. The quantitative estimate of drug-likeness (QED) is 0.857. The molecule has 5 nitrogen and oxygen atoms in total. The van der Waals surface area contributed by atoms with Crippen LogP contribution in [0.1, 0.15) is 40.5 Å². The third-order valence-electron chi connectivity index (χ3n) is 5.07. The summed E-state index contributed by atoms with van der Waals surface area (Å²) in [5, 5.41) is 3.34. The van der Waals surface area contributed by atoms with Crippen molar-refractivity contribution in [3.63, 3.8) is 0 Å². The molecule has 0 unspecified atom stereocenters. The van der Waals surface area contributed by atoms with Crippen molar-refractivity contribution in [1.29, 1.82) is 0 Å². The summed E-state index contributed by atoms with van der Waals surface area (Å²) in [6, 6.07) is 0. The highest BCUT2D eigenvalue weighted by Crippen LogP contribution is 2.23. The molecule has 4 heterocycles. The standard InChI is InChI=1S/C18H25N5S/c1-13-16-5-9-22(11-15-12-24-14(2)20-15)10-6-17(16)21-18(19-13)23-7-3-4-8-23/h12H,3-11H2,1-2H3. The molecule has 0 N–H and O–H groups in total. The van der Waals surface area contributed by atoms with E-state index in [1.54, 1.807) is 11.3 Å². The molecule has 0 atom stereocenters. The van der Waals surface area contributed by atoms with Crippen molar-refractivity contribution >= 4 is 17.3 Å². The second-order valence-electron chi connectivity index (χ2n) is 6.86. The Kier molecular flexibility index (Phi) is 4.50. The van der Waals surface area contributed by atoms with Crippen LogP contribution in [-0.2, 0) is 19.4 Å². The monoisotopic (exact) mass is 343 g/mol. The fourth-order valence-corrected chi connectivity index (χ4v) is 4.35. The van der Waals surface area contributed by atoms with E-state index in [0.29, 0.717) is 0 Å². The number of nitrogens with zero attached hydrogens (tertiary/aromatic N) is 5. The molecule has 0 saturated carbocycles. The normalized spacial score (nSPS) is 18.7. The smallest absolute Gasteiger partial charge is 0.225 e. The van der Waals surface area contributed by atoms with Crippen molar-refractivity contribution in [3.8, 4) is 0 Å². The maximum Gasteiger partial charge on any atom is 0.225 e. The van der Waals surface area contributed by atoms with Crippen molar-refractivity contribution in [2.75, 3.05) is 31.1 Å². The van der Waals surface area contributed by atoms with Gasteiger partial charge in [-0.05, 0) is 38.7 Å². The highest BCUT2D eigenvalue weighted by Gasteiger charge is 2.22. The predicted molar refractivity (Wildman–Crippen MR) is 97.8 cm³/mol. The average Bonchev–Trinajstić information content (AvgIpc) is 3.18. The Morgan fingerprint density at radius 1 is 1.00 bits per heavy atom. The highest BCUT2D eigenvalue weighted by atomic mass is 32.1. The zero-order valence-corrected chi connectivity index (χ0v) is 15.4. The Morgan fingerprint density at radius 3 is 2.54 bits per heavy atom. The van der Waals surface area contributed by atoms with E-state index in [-0.39, 0.29) is 0 Å². The van der Waals surface area contributed by atoms with E-state index in [0.717, 1.165) is 56.5 Å². The van der Waals surface area contributed by atoms with E-state index in [1.165, 1.54) is 35.5 Å². The number of fused-ring (bicyclic) bond motifs is 1. The van der Waals surface area contributed by atoms with E-state index in [2.05, 4.69) is 34.0 Å². The lowest BCUT2D eigenvalue weighted by Gasteiger charge is -2.18. The summed E-state index contributed by atoms with van der Waals surface area (Å²) in [5.41, 5.74) is 5.01. The lowest BCUT2D eigenvalue weighted by atomic mass is 10.1. The van der Waals surface area contributed by atoms with Crippen LogP contribution < -0.4 is 4.90 Å². The molecule has 0 radical (unpaired) electrons. The maximum atomic E-state index is 4.94. The topological polar surface area (TPSA) is 45.2 Å². The van der Waals surface area contributed by atoms with E-state index in [4.69, 9.17) is 9.97 Å². The molecule has 2 aromatic heterocycles. The summed E-state index contributed by atoms with van der Waals surface area (Å²) in [6.45, 7) is 9.51. The minimum absolute atomic E-state index is 0.948. The number of aryl methyl sites for hydroxylation is 2. The maximum absolute atomic E-state index is 4.94. The van der Waals surface area contributed by atoms with Gasteiger partial charge in [0.15, 0.2) is 0 Å². The van der Waals surface area contributed by atoms with E-state index in [9.17, 15) is 0 Å². The van der Waals surface area contributed by atoms with Crippen LogP contribution in [0.15, 0.2) is 5.38 Å². The molecule has 6 heteroatoms. The van der Waals surface area contributed by atoms with Crippen LogP contribution in [-0.4, -0.2) is 46.0 Å². The zero-order valence-electron chi connectivity index (χ0n) is 14.6. The van der Waals surface area contributed by atoms with Gasteiger partial charge < -0.3 is 4.90 Å². The van der Waals surface area contributed by atoms with E-state index in [1.807, 2.05) is 0 Å². The molecule has 1 saturated heterocycles. The highest BCUT2D eigenvalue weighted by molar-refractivity contribution is 7.09. The van der Waals surface area contributed by atoms with Crippen molar-refractivity contribution < 1.29 is 0 Å². The number of anilines is 1. The Bertz CT molecular complexity index is 720. The molecular weight excluding hydrogens is 318 g/mol. The first-order valence-electron chi connectivity index (χ1n) is 8.94. The molecule has 0 spiro atoms. The lowest BCUT2D eigenvalue weighted by Crippen LogP contribution is -2.26. The van der Waals surface area contributed by atoms with Gasteiger partial charge >= 0.3 is 0 Å². The summed E-state index contributed by atoms with van der Waals surface area (Å²) in [6.07, 6.45) is 4.59. The van der Waals surface area contributed by atoms with Crippen LogP contribution >= 0.6 is 11.3 Å². The third-order valence-corrected chi connectivity index (χ3v) is 5.89. The van der Waals surface area contributed by atoms with Gasteiger partial charge in [-0.1, -0.05) is 0 Å². The largest absolute Gasteiger partial charge is 0.341 e. The van der Waals surface area contributed by atoms with Gasteiger partial charge in [0.05, 0.1) is 16.4 Å². The number of rotatable bonds is 3. The molecule has 1 fully saturated rings. The molecule has 128 valence electrons. The molecule has 4 rings (SSSR count). The van der Waals surface area contributed by atoms with Crippen LogP contribution in [0.2, 0.25) is 0 Å². The van der Waals surface area contributed by atoms with Gasteiger partial charge in [0.25, 0.3) is 0 Å². The summed E-state index contributed by atoms with van der Waals surface area (Å²) in [5.74, 6) is 0.951. The first-order chi connectivity index (χ1) is 11.7. The van der Waals surface area contributed by atoms with Crippen LogP contribution in [0.4, 0.5) is 5.95 Å². The van der Waals surface area contributed by atoms with Gasteiger partial charge in [0.2, 0.25) is 5.95 Å². The minimum Gasteiger partial charge on any atom is -0.341 e. The van der Waals surface area contributed by atoms with Gasteiger partial charge in [-0.25, -0.2) is 15.0 Å². The van der Waals surface area contributed by atoms with Crippen molar-refractivity contribution in [2.24, 2.45) is 0 Å². The van der Waals surface area contributed by atoms with E-state index < -0.39 is 0 Å². The molecule has 2 aliphatic rings. The SMILES string of the molecule is Cc1nc(CN2CCc3nc(N4CCCC4)nc(C)c3CC2)cs1. The summed E-state index contributed by atoms with van der Waals surface area (Å²) in [4.78, 5) is 19.2. The fourth-order valence-electron chi connectivity index (χ4n) is 3.74. The number of thiazole rings is 1. The first-order valence-corrected chi connectivity index (χ1v) is 9.82. The average molecular weight is 344 g/mol. The number of hydrogen-bond acceptors (Lipinski definition) is 6. The predicted octanol–water partition coefficient (Wildman–Crippen LogP) is 2.75.